The van der Waals surface area contributed by atoms with E-state index in [2.05, 4.69) is 20.1 Å². The summed E-state index contributed by atoms with van der Waals surface area (Å²) in [4.78, 5) is 1.37. The molecular weight excluding hydrogens is 254 g/mol. The van der Waals surface area contributed by atoms with E-state index < -0.39 is 10.0 Å². The molecule has 96 valence electrons. The van der Waals surface area contributed by atoms with Crippen LogP contribution in [-0.2, 0) is 23.5 Å². The van der Waals surface area contributed by atoms with Crippen molar-refractivity contribution in [3.8, 4) is 0 Å². The minimum atomic E-state index is -3.66. The van der Waals surface area contributed by atoms with Crippen LogP contribution in [-0.4, -0.2) is 28.6 Å². The zero-order valence-corrected chi connectivity index (χ0v) is 10.8. The van der Waals surface area contributed by atoms with Crippen molar-refractivity contribution in [1.82, 2.24) is 20.2 Å². The van der Waals surface area contributed by atoms with E-state index in [-0.39, 0.29) is 10.8 Å². The van der Waals surface area contributed by atoms with E-state index in [9.17, 15) is 8.42 Å². The Hall–Kier alpha value is -1.96. The van der Waals surface area contributed by atoms with Gasteiger partial charge in [-0.1, -0.05) is 24.2 Å². The molecule has 0 aliphatic heterocycles. The normalized spacial score (nSPS) is 11.4. The Morgan fingerprint density at radius 3 is 2.78 bits per heavy atom. The number of anilines is 1. The summed E-state index contributed by atoms with van der Waals surface area (Å²) in [7, 11) is -2.10. The van der Waals surface area contributed by atoms with Crippen molar-refractivity contribution in [2.45, 2.75) is 18.2 Å². The van der Waals surface area contributed by atoms with Crippen LogP contribution in [0, 0.1) is 0 Å². The summed E-state index contributed by atoms with van der Waals surface area (Å²) in [6, 6.07) is 6.73. The summed E-state index contributed by atoms with van der Waals surface area (Å²) in [5, 5.41) is 10.9. The fourth-order valence-electron chi connectivity index (χ4n) is 1.44. The largest absolute Gasteiger partial charge is 0.277 e. The summed E-state index contributed by atoms with van der Waals surface area (Å²) >= 11 is 0. The van der Waals surface area contributed by atoms with Crippen molar-refractivity contribution in [3.63, 3.8) is 0 Å². The molecular formula is C10H13N5O2S. The van der Waals surface area contributed by atoms with Crippen molar-refractivity contribution >= 4 is 16.0 Å². The molecule has 2 aromatic rings. The molecule has 0 bridgehead atoms. The van der Waals surface area contributed by atoms with Gasteiger partial charge in [0.15, 0.2) is 0 Å². The van der Waals surface area contributed by atoms with Gasteiger partial charge in [-0.25, -0.2) is 13.1 Å². The van der Waals surface area contributed by atoms with Gasteiger partial charge in [-0.3, -0.25) is 0 Å². The lowest BCUT2D eigenvalue weighted by Gasteiger charge is -2.05. The molecule has 1 N–H and O–H groups in total. The molecule has 0 unspecified atom stereocenters. The van der Waals surface area contributed by atoms with Gasteiger partial charge >= 0.3 is 0 Å². The van der Waals surface area contributed by atoms with Gasteiger partial charge in [0.05, 0.1) is 11.9 Å². The Morgan fingerprint density at radius 1 is 1.39 bits per heavy atom. The summed E-state index contributed by atoms with van der Waals surface area (Å²) in [6.07, 6.45) is 0.771. The molecule has 0 spiro atoms. The van der Waals surface area contributed by atoms with Gasteiger partial charge in [0.2, 0.25) is 0 Å². The predicted molar refractivity (Wildman–Crippen MR) is 65.4 cm³/mol. The van der Waals surface area contributed by atoms with Crippen LogP contribution >= 0.6 is 0 Å². The lowest BCUT2D eigenvalue weighted by atomic mass is 10.2. The number of rotatable bonds is 4. The maximum Gasteiger partial charge on any atom is 0.277 e. The third kappa shape index (κ3) is 2.65. The van der Waals surface area contributed by atoms with Gasteiger partial charge < -0.3 is 0 Å². The van der Waals surface area contributed by atoms with Gasteiger partial charge in [-0.15, -0.1) is 5.10 Å². The van der Waals surface area contributed by atoms with Gasteiger partial charge in [0.25, 0.3) is 16.0 Å². The standard InChI is InChI=1S/C10H13N5O2S/c1-3-8-5-4-6-9(7-8)18(16,17)13-10-11-14-15(2)12-10/h4-7H,3H2,1-2H3,(H,12,13). The van der Waals surface area contributed by atoms with E-state index in [0.717, 1.165) is 12.0 Å². The van der Waals surface area contributed by atoms with Gasteiger partial charge in [0.1, 0.15) is 0 Å². The number of nitrogens with one attached hydrogen (secondary N) is 1. The molecule has 1 heterocycles. The highest BCUT2D eigenvalue weighted by molar-refractivity contribution is 7.92. The number of nitrogens with zero attached hydrogens (tertiary/aromatic N) is 4. The lowest BCUT2D eigenvalue weighted by molar-refractivity contribution is 0.600. The van der Waals surface area contributed by atoms with Crippen LogP contribution in [0.4, 0.5) is 5.95 Å². The summed E-state index contributed by atoms with van der Waals surface area (Å²) in [6.45, 7) is 1.96. The molecule has 0 amide bonds. The summed E-state index contributed by atoms with van der Waals surface area (Å²) in [5.74, 6) is -0.0422. The van der Waals surface area contributed by atoms with Crippen LogP contribution in [0.15, 0.2) is 29.2 Å². The Morgan fingerprint density at radius 2 is 2.17 bits per heavy atom. The SMILES string of the molecule is CCc1cccc(S(=O)(=O)Nc2nnn(C)n2)c1. The third-order valence-electron chi connectivity index (χ3n) is 2.35. The molecule has 7 nitrogen and oxygen atoms in total. The highest BCUT2D eigenvalue weighted by Crippen LogP contribution is 2.14. The molecule has 0 atom stereocenters. The Labute approximate surface area is 105 Å². The maximum atomic E-state index is 12.1. The topological polar surface area (TPSA) is 89.8 Å². The number of tetrazole rings is 1. The quantitative estimate of drug-likeness (QED) is 0.874. The number of hydrogen-bond acceptors (Lipinski definition) is 5. The first kappa shape index (κ1) is 12.5. The van der Waals surface area contributed by atoms with Gasteiger partial charge in [-0.2, -0.15) is 4.80 Å². The van der Waals surface area contributed by atoms with Crippen molar-refractivity contribution in [3.05, 3.63) is 29.8 Å². The molecule has 2 rings (SSSR count). The van der Waals surface area contributed by atoms with Crippen LogP contribution in [0.3, 0.4) is 0 Å². The first-order valence-electron chi connectivity index (χ1n) is 5.37. The Kier molecular flexibility index (Phi) is 3.28. The van der Waals surface area contributed by atoms with Crippen molar-refractivity contribution in [2.75, 3.05) is 4.72 Å². The van der Waals surface area contributed by atoms with E-state index in [0.29, 0.717) is 0 Å². The number of sulfonamides is 1. The number of aryl methyl sites for hydroxylation is 2. The maximum absolute atomic E-state index is 12.1. The predicted octanol–water partition coefficient (Wildman–Crippen LogP) is 0.573. The average Bonchev–Trinajstić information content (AvgIpc) is 2.74. The summed E-state index contributed by atoms with van der Waals surface area (Å²) in [5.41, 5.74) is 0.949. The van der Waals surface area contributed by atoms with Crippen LogP contribution in [0.2, 0.25) is 0 Å². The van der Waals surface area contributed by atoms with E-state index in [1.54, 1.807) is 19.2 Å². The smallest absolute Gasteiger partial charge is 0.245 e. The average molecular weight is 267 g/mol. The molecule has 0 saturated heterocycles. The second-order valence-electron chi connectivity index (χ2n) is 3.71. The van der Waals surface area contributed by atoms with E-state index >= 15 is 0 Å². The molecule has 0 aliphatic carbocycles. The van der Waals surface area contributed by atoms with Crippen LogP contribution in [0.5, 0.6) is 0 Å². The van der Waals surface area contributed by atoms with E-state index in [4.69, 9.17) is 0 Å². The molecule has 0 fully saturated rings. The first-order chi connectivity index (χ1) is 8.51. The van der Waals surface area contributed by atoms with Crippen molar-refractivity contribution < 1.29 is 8.42 Å². The monoisotopic (exact) mass is 267 g/mol. The Bertz CT molecular complexity index is 650. The van der Waals surface area contributed by atoms with Crippen molar-refractivity contribution in [2.24, 2.45) is 7.05 Å². The second kappa shape index (κ2) is 4.73. The zero-order chi connectivity index (χ0) is 13.2. The number of hydrogen-bond donors (Lipinski definition) is 1. The highest BCUT2D eigenvalue weighted by Gasteiger charge is 2.16. The fourth-order valence-corrected chi connectivity index (χ4v) is 2.44. The second-order valence-corrected chi connectivity index (χ2v) is 5.39. The van der Waals surface area contributed by atoms with Crippen molar-refractivity contribution in [1.29, 1.82) is 0 Å². The van der Waals surface area contributed by atoms with Crippen LogP contribution < -0.4 is 4.72 Å². The number of aromatic nitrogens is 4. The molecule has 8 heteroatoms. The molecule has 1 aromatic carbocycles. The zero-order valence-electron chi connectivity index (χ0n) is 10.0. The van der Waals surface area contributed by atoms with Crippen LogP contribution in [0.25, 0.3) is 0 Å². The molecule has 0 radical (unpaired) electrons. The van der Waals surface area contributed by atoms with E-state index in [1.807, 2.05) is 13.0 Å². The molecule has 18 heavy (non-hydrogen) atoms. The molecule has 1 aromatic heterocycles. The van der Waals surface area contributed by atoms with E-state index in [1.165, 1.54) is 10.9 Å². The molecule has 0 saturated carbocycles. The number of benzene rings is 1. The fraction of sp³-hybridized carbons (Fsp3) is 0.300. The van der Waals surface area contributed by atoms with Crippen LogP contribution in [0.1, 0.15) is 12.5 Å². The Balaban J connectivity index is 2.30. The lowest BCUT2D eigenvalue weighted by Crippen LogP contribution is -2.14. The first-order valence-corrected chi connectivity index (χ1v) is 6.85. The minimum Gasteiger partial charge on any atom is -0.245 e. The van der Waals surface area contributed by atoms with Gasteiger partial charge in [-0.05, 0) is 29.3 Å². The minimum absolute atomic E-state index is 0.0422. The summed E-state index contributed by atoms with van der Waals surface area (Å²) < 4.78 is 26.4. The third-order valence-corrected chi connectivity index (χ3v) is 3.68. The molecule has 0 aliphatic rings. The highest BCUT2D eigenvalue weighted by atomic mass is 32.2. The van der Waals surface area contributed by atoms with Gasteiger partial charge in [0, 0.05) is 0 Å².